The van der Waals surface area contributed by atoms with Crippen molar-refractivity contribution in [2.75, 3.05) is 13.2 Å². The molecule has 0 radical (unpaired) electrons. The van der Waals surface area contributed by atoms with Crippen LogP contribution in [-0.2, 0) is 22.4 Å². The molecule has 1 fully saturated rings. The Morgan fingerprint density at radius 3 is 2.67 bits per heavy atom. The highest BCUT2D eigenvalue weighted by atomic mass is 16.5. The Morgan fingerprint density at radius 2 is 2.00 bits per heavy atom. The van der Waals surface area contributed by atoms with E-state index in [0.717, 1.165) is 38.7 Å². The van der Waals surface area contributed by atoms with E-state index >= 15 is 0 Å². The SMILES string of the molecule is CCCOCCc1nnc(CC2(CC(=O)O)CCCC2)o1. The summed E-state index contributed by atoms with van der Waals surface area (Å²) in [7, 11) is 0. The molecule has 1 heterocycles. The number of carboxylic acid groups (broad SMARTS) is 1. The Kier molecular flexibility index (Phi) is 5.73. The van der Waals surface area contributed by atoms with Crippen LogP contribution in [0.5, 0.6) is 0 Å². The fourth-order valence-corrected chi connectivity index (χ4v) is 3.05. The maximum atomic E-state index is 11.1. The van der Waals surface area contributed by atoms with Crippen molar-refractivity contribution < 1.29 is 19.1 Å². The zero-order valence-electron chi connectivity index (χ0n) is 12.6. The van der Waals surface area contributed by atoms with Gasteiger partial charge in [0.25, 0.3) is 0 Å². The molecule has 1 saturated carbocycles. The lowest BCUT2D eigenvalue weighted by atomic mass is 9.79. The Morgan fingerprint density at radius 1 is 1.29 bits per heavy atom. The number of aliphatic carboxylic acids is 1. The molecule has 118 valence electrons. The third kappa shape index (κ3) is 4.81. The number of nitrogens with zero attached hydrogens (tertiary/aromatic N) is 2. The molecule has 0 aromatic carbocycles. The number of ether oxygens (including phenoxy) is 1. The molecular weight excluding hydrogens is 272 g/mol. The Bertz CT molecular complexity index is 452. The van der Waals surface area contributed by atoms with E-state index in [1.165, 1.54) is 0 Å². The fourth-order valence-electron chi connectivity index (χ4n) is 3.05. The maximum absolute atomic E-state index is 11.1. The number of hydrogen-bond donors (Lipinski definition) is 1. The van der Waals surface area contributed by atoms with E-state index < -0.39 is 5.97 Å². The van der Waals surface area contributed by atoms with Gasteiger partial charge in [0.15, 0.2) is 0 Å². The first kappa shape index (κ1) is 15.9. The molecule has 0 spiro atoms. The average molecular weight is 296 g/mol. The largest absolute Gasteiger partial charge is 0.481 e. The maximum Gasteiger partial charge on any atom is 0.303 e. The van der Waals surface area contributed by atoms with Crippen molar-refractivity contribution in [3.8, 4) is 0 Å². The van der Waals surface area contributed by atoms with Crippen LogP contribution in [0.25, 0.3) is 0 Å². The van der Waals surface area contributed by atoms with Gasteiger partial charge in [-0.25, -0.2) is 0 Å². The molecule has 1 aromatic rings. The molecule has 2 rings (SSSR count). The van der Waals surface area contributed by atoms with Crippen LogP contribution in [0.4, 0.5) is 0 Å². The van der Waals surface area contributed by atoms with E-state index in [0.29, 0.717) is 31.2 Å². The molecule has 1 N–H and O–H groups in total. The first-order valence-corrected chi connectivity index (χ1v) is 7.74. The standard InChI is InChI=1S/C15H24N2O4/c1-2-8-20-9-5-12-16-17-13(21-12)10-15(11-14(18)19)6-3-4-7-15/h2-11H2,1H3,(H,18,19). The van der Waals surface area contributed by atoms with Crippen molar-refractivity contribution in [3.63, 3.8) is 0 Å². The summed E-state index contributed by atoms with van der Waals surface area (Å²) in [6, 6.07) is 0. The molecule has 0 amide bonds. The van der Waals surface area contributed by atoms with Crippen LogP contribution in [0.3, 0.4) is 0 Å². The molecule has 0 bridgehead atoms. The summed E-state index contributed by atoms with van der Waals surface area (Å²) < 4.78 is 11.0. The monoisotopic (exact) mass is 296 g/mol. The molecule has 1 aliphatic rings. The number of carbonyl (C=O) groups is 1. The average Bonchev–Trinajstić information content (AvgIpc) is 3.05. The summed E-state index contributed by atoms with van der Waals surface area (Å²) >= 11 is 0. The van der Waals surface area contributed by atoms with Crippen molar-refractivity contribution in [2.45, 2.75) is 58.3 Å². The van der Waals surface area contributed by atoms with E-state index in [2.05, 4.69) is 17.1 Å². The van der Waals surface area contributed by atoms with E-state index in [-0.39, 0.29) is 11.8 Å². The molecule has 0 unspecified atom stereocenters. The van der Waals surface area contributed by atoms with Gasteiger partial charge in [-0.15, -0.1) is 10.2 Å². The van der Waals surface area contributed by atoms with Gasteiger partial charge in [0.1, 0.15) is 0 Å². The van der Waals surface area contributed by atoms with Crippen LogP contribution < -0.4 is 0 Å². The Hall–Kier alpha value is -1.43. The summed E-state index contributed by atoms with van der Waals surface area (Å²) in [5.74, 6) is 0.387. The minimum atomic E-state index is -0.746. The highest BCUT2D eigenvalue weighted by molar-refractivity contribution is 5.67. The number of rotatable bonds is 9. The van der Waals surface area contributed by atoms with Gasteiger partial charge in [0.05, 0.1) is 13.0 Å². The summed E-state index contributed by atoms with van der Waals surface area (Å²) in [6.45, 7) is 3.38. The zero-order chi connectivity index (χ0) is 15.1. The lowest BCUT2D eigenvalue weighted by Crippen LogP contribution is -2.24. The highest BCUT2D eigenvalue weighted by Crippen LogP contribution is 2.43. The normalized spacial score (nSPS) is 17.2. The summed E-state index contributed by atoms with van der Waals surface area (Å²) in [5.41, 5.74) is -0.200. The number of hydrogen-bond acceptors (Lipinski definition) is 5. The summed E-state index contributed by atoms with van der Waals surface area (Å²) in [6.07, 6.45) is 6.38. The van der Waals surface area contributed by atoms with Crippen LogP contribution in [0.15, 0.2) is 4.42 Å². The molecule has 0 atom stereocenters. The van der Waals surface area contributed by atoms with Gasteiger partial charge in [-0.3, -0.25) is 4.79 Å². The van der Waals surface area contributed by atoms with Crippen LogP contribution in [0.2, 0.25) is 0 Å². The minimum Gasteiger partial charge on any atom is -0.481 e. The smallest absolute Gasteiger partial charge is 0.303 e. The van der Waals surface area contributed by atoms with Crippen molar-refractivity contribution >= 4 is 5.97 Å². The van der Waals surface area contributed by atoms with Crippen LogP contribution in [0.1, 0.15) is 57.2 Å². The topological polar surface area (TPSA) is 85.5 Å². The first-order chi connectivity index (χ1) is 10.1. The zero-order valence-corrected chi connectivity index (χ0v) is 12.6. The van der Waals surface area contributed by atoms with Crippen LogP contribution in [0, 0.1) is 5.41 Å². The Labute approximate surface area is 124 Å². The molecule has 6 heteroatoms. The van der Waals surface area contributed by atoms with Gasteiger partial charge in [-0.2, -0.15) is 0 Å². The predicted octanol–water partition coefficient (Wildman–Crippen LogP) is 2.62. The predicted molar refractivity (Wildman–Crippen MR) is 76.0 cm³/mol. The number of aromatic nitrogens is 2. The van der Waals surface area contributed by atoms with E-state index in [9.17, 15) is 4.79 Å². The quantitative estimate of drug-likeness (QED) is 0.705. The minimum absolute atomic E-state index is 0.185. The third-order valence-electron chi connectivity index (χ3n) is 4.03. The highest BCUT2D eigenvalue weighted by Gasteiger charge is 2.37. The molecule has 6 nitrogen and oxygen atoms in total. The van der Waals surface area contributed by atoms with Crippen molar-refractivity contribution in [3.05, 3.63) is 11.8 Å². The number of carboxylic acids is 1. The van der Waals surface area contributed by atoms with E-state index in [1.54, 1.807) is 0 Å². The summed E-state index contributed by atoms with van der Waals surface area (Å²) in [4.78, 5) is 11.1. The van der Waals surface area contributed by atoms with Gasteiger partial charge in [-0.05, 0) is 24.7 Å². The third-order valence-corrected chi connectivity index (χ3v) is 4.03. The van der Waals surface area contributed by atoms with E-state index in [1.807, 2.05) is 0 Å². The first-order valence-electron chi connectivity index (χ1n) is 7.74. The second-order valence-electron chi connectivity index (χ2n) is 5.91. The van der Waals surface area contributed by atoms with Gasteiger partial charge in [0.2, 0.25) is 11.8 Å². The molecule has 1 aromatic heterocycles. The Balaban J connectivity index is 1.89. The fraction of sp³-hybridized carbons (Fsp3) is 0.800. The van der Waals surface area contributed by atoms with E-state index in [4.69, 9.17) is 14.3 Å². The van der Waals surface area contributed by atoms with Gasteiger partial charge in [-0.1, -0.05) is 19.8 Å². The van der Waals surface area contributed by atoms with Crippen molar-refractivity contribution in [1.82, 2.24) is 10.2 Å². The molecule has 1 aliphatic carbocycles. The molecule has 0 saturated heterocycles. The lowest BCUT2D eigenvalue weighted by Gasteiger charge is -2.24. The van der Waals surface area contributed by atoms with Gasteiger partial charge >= 0.3 is 5.97 Å². The van der Waals surface area contributed by atoms with Crippen molar-refractivity contribution in [2.24, 2.45) is 5.41 Å². The summed E-state index contributed by atoms with van der Waals surface area (Å²) in [5, 5.41) is 17.2. The second kappa shape index (κ2) is 7.54. The second-order valence-corrected chi connectivity index (χ2v) is 5.91. The molecular formula is C15H24N2O4. The van der Waals surface area contributed by atoms with Crippen LogP contribution in [-0.4, -0.2) is 34.5 Å². The molecule has 0 aliphatic heterocycles. The lowest BCUT2D eigenvalue weighted by molar-refractivity contribution is -0.139. The molecule has 21 heavy (non-hydrogen) atoms. The van der Waals surface area contributed by atoms with Crippen molar-refractivity contribution in [1.29, 1.82) is 0 Å². The van der Waals surface area contributed by atoms with Gasteiger partial charge < -0.3 is 14.3 Å². The van der Waals surface area contributed by atoms with Crippen LogP contribution >= 0.6 is 0 Å². The van der Waals surface area contributed by atoms with Gasteiger partial charge in [0, 0.05) is 19.4 Å².